The Morgan fingerprint density at radius 3 is 2.43 bits per heavy atom. The minimum Gasteiger partial charge on any atom is -0.326 e. The molecule has 0 atom stereocenters. The molecule has 2 aromatic rings. The maximum absolute atomic E-state index is 12.0. The first-order chi connectivity index (χ1) is 11.3. The topological polar surface area (TPSA) is 29.1 Å². The molecule has 0 saturated carbocycles. The molecule has 0 aliphatic heterocycles. The van der Waals surface area contributed by atoms with Crippen molar-refractivity contribution >= 4 is 23.4 Å². The standard InChI is InChI=1S/C20H25NOS/c1-2-3-7-17-10-12-19(13-11-17)21-20(22)14-15-23-16-18-8-5-4-6-9-18/h4-6,8-13H,2-3,7,14-16H2,1H3,(H,21,22). The molecule has 2 aromatic carbocycles. The average Bonchev–Trinajstić information content (AvgIpc) is 2.59. The molecular formula is C20H25NOS. The van der Waals surface area contributed by atoms with Crippen LogP contribution in [-0.4, -0.2) is 11.7 Å². The van der Waals surface area contributed by atoms with Crippen molar-refractivity contribution in [1.82, 2.24) is 0 Å². The SMILES string of the molecule is CCCCc1ccc(NC(=O)CCSCc2ccccc2)cc1. The highest BCUT2D eigenvalue weighted by atomic mass is 32.2. The summed E-state index contributed by atoms with van der Waals surface area (Å²) in [6.07, 6.45) is 4.08. The Bertz CT molecular complexity index is 580. The highest BCUT2D eigenvalue weighted by molar-refractivity contribution is 7.98. The van der Waals surface area contributed by atoms with Crippen LogP contribution in [0, 0.1) is 0 Å². The van der Waals surface area contributed by atoms with Crippen LogP contribution in [0.15, 0.2) is 54.6 Å². The Kier molecular flexibility index (Phi) is 7.74. The lowest BCUT2D eigenvalue weighted by molar-refractivity contribution is -0.115. The Hall–Kier alpha value is -1.74. The molecular weight excluding hydrogens is 302 g/mol. The van der Waals surface area contributed by atoms with Gasteiger partial charge in [0, 0.05) is 23.6 Å². The smallest absolute Gasteiger partial charge is 0.225 e. The summed E-state index contributed by atoms with van der Waals surface area (Å²) in [5, 5.41) is 2.97. The second kappa shape index (κ2) is 10.1. The number of amides is 1. The highest BCUT2D eigenvalue weighted by Gasteiger charge is 2.03. The molecule has 0 aliphatic rings. The van der Waals surface area contributed by atoms with E-state index in [1.54, 1.807) is 11.8 Å². The van der Waals surface area contributed by atoms with Crippen LogP contribution in [-0.2, 0) is 17.0 Å². The maximum atomic E-state index is 12.0. The lowest BCUT2D eigenvalue weighted by Gasteiger charge is -2.07. The van der Waals surface area contributed by atoms with Crippen molar-refractivity contribution in [2.45, 2.75) is 38.4 Å². The third-order valence-corrected chi connectivity index (χ3v) is 4.67. The molecule has 0 radical (unpaired) electrons. The van der Waals surface area contributed by atoms with Crippen molar-refractivity contribution in [3.8, 4) is 0 Å². The molecule has 0 unspecified atom stereocenters. The fourth-order valence-electron chi connectivity index (χ4n) is 2.29. The van der Waals surface area contributed by atoms with Crippen molar-refractivity contribution in [1.29, 1.82) is 0 Å². The Morgan fingerprint density at radius 1 is 1.00 bits per heavy atom. The van der Waals surface area contributed by atoms with Gasteiger partial charge < -0.3 is 5.32 Å². The summed E-state index contributed by atoms with van der Waals surface area (Å²) in [4.78, 5) is 12.0. The lowest BCUT2D eigenvalue weighted by Crippen LogP contribution is -2.12. The van der Waals surface area contributed by atoms with Crippen molar-refractivity contribution < 1.29 is 4.79 Å². The maximum Gasteiger partial charge on any atom is 0.225 e. The molecule has 1 amide bonds. The van der Waals surface area contributed by atoms with Crippen LogP contribution in [0.4, 0.5) is 5.69 Å². The van der Waals surface area contributed by atoms with Crippen LogP contribution in [0.25, 0.3) is 0 Å². The molecule has 0 spiro atoms. The van der Waals surface area contributed by atoms with E-state index < -0.39 is 0 Å². The Morgan fingerprint density at radius 2 is 1.74 bits per heavy atom. The van der Waals surface area contributed by atoms with E-state index in [1.165, 1.54) is 24.0 Å². The number of benzene rings is 2. The normalized spacial score (nSPS) is 10.5. The fraction of sp³-hybridized carbons (Fsp3) is 0.350. The number of unbranched alkanes of at least 4 members (excludes halogenated alkanes) is 1. The number of thioether (sulfide) groups is 1. The number of carbonyl (C=O) groups excluding carboxylic acids is 1. The van der Waals surface area contributed by atoms with Crippen LogP contribution in [0.1, 0.15) is 37.3 Å². The van der Waals surface area contributed by atoms with Crippen LogP contribution >= 0.6 is 11.8 Å². The van der Waals surface area contributed by atoms with Gasteiger partial charge in [-0.3, -0.25) is 4.79 Å². The van der Waals surface area contributed by atoms with Crippen LogP contribution in [0.5, 0.6) is 0 Å². The predicted molar refractivity (Wildman–Crippen MR) is 101 cm³/mol. The molecule has 0 saturated heterocycles. The number of carbonyl (C=O) groups is 1. The van der Waals surface area contributed by atoms with Crippen LogP contribution < -0.4 is 5.32 Å². The molecule has 0 fully saturated rings. The van der Waals surface area contributed by atoms with Crippen molar-refractivity contribution in [2.75, 3.05) is 11.1 Å². The van der Waals surface area contributed by atoms with Gasteiger partial charge in [-0.05, 0) is 36.1 Å². The third-order valence-electron chi connectivity index (χ3n) is 3.64. The van der Waals surface area contributed by atoms with Gasteiger partial charge >= 0.3 is 0 Å². The van der Waals surface area contributed by atoms with E-state index >= 15 is 0 Å². The van der Waals surface area contributed by atoms with E-state index in [0.717, 1.165) is 23.6 Å². The van der Waals surface area contributed by atoms with Gasteiger partial charge in [-0.15, -0.1) is 0 Å². The lowest BCUT2D eigenvalue weighted by atomic mass is 10.1. The molecule has 0 aliphatic carbocycles. The summed E-state index contributed by atoms with van der Waals surface area (Å²) in [6.45, 7) is 2.20. The third kappa shape index (κ3) is 6.91. The summed E-state index contributed by atoms with van der Waals surface area (Å²) >= 11 is 1.80. The zero-order valence-electron chi connectivity index (χ0n) is 13.8. The van der Waals surface area contributed by atoms with Gasteiger partial charge in [0.05, 0.1) is 0 Å². The van der Waals surface area contributed by atoms with Gasteiger partial charge in [0.2, 0.25) is 5.91 Å². The first-order valence-corrected chi connectivity index (χ1v) is 9.44. The minimum absolute atomic E-state index is 0.0897. The summed E-state index contributed by atoms with van der Waals surface area (Å²) in [5.74, 6) is 1.89. The minimum atomic E-state index is 0.0897. The van der Waals surface area contributed by atoms with E-state index in [9.17, 15) is 4.79 Å². The molecule has 23 heavy (non-hydrogen) atoms. The predicted octanol–water partition coefficient (Wildman–Crippen LogP) is 5.29. The Labute approximate surface area is 143 Å². The number of nitrogens with one attached hydrogen (secondary N) is 1. The van der Waals surface area contributed by atoms with Gasteiger partial charge in [-0.25, -0.2) is 0 Å². The van der Waals surface area contributed by atoms with Crippen molar-refractivity contribution in [3.63, 3.8) is 0 Å². The van der Waals surface area contributed by atoms with Crippen molar-refractivity contribution in [2.24, 2.45) is 0 Å². The molecule has 3 heteroatoms. The zero-order valence-corrected chi connectivity index (χ0v) is 14.6. The molecule has 1 N–H and O–H groups in total. The second-order valence-electron chi connectivity index (χ2n) is 5.64. The highest BCUT2D eigenvalue weighted by Crippen LogP contribution is 2.15. The summed E-state index contributed by atoms with van der Waals surface area (Å²) in [5.41, 5.74) is 3.53. The van der Waals surface area contributed by atoms with E-state index in [1.807, 2.05) is 30.3 Å². The summed E-state index contributed by atoms with van der Waals surface area (Å²) in [6, 6.07) is 18.6. The van der Waals surface area contributed by atoms with Gasteiger partial charge in [-0.1, -0.05) is 55.8 Å². The number of anilines is 1. The van der Waals surface area contributed by atoms with Gasteiger partial charge in [0.1, 0.15) is 0 Å². The first-order valence-electron chi connectivity index (χ1n) is 8.28. The number of rotatable bonds is 9. The van der Waals surface area contributed by atoms with E-state index in [-0.39, 0.29) is 5.91 Å². The van der Waals surface area contributed by atoms with Gasteiger partial charge in [0.15, 0.2) is 0 Å². The van der Waals surface area contributed by atoms with Gasteiger partial charge in [-0.2, -0.15) is 11.8 Å². The van der Waals surface area contributed by atoms with E-state index in [0.29, 0.717) is 6.42 Å². The zero-order chi connectivity index (χ0) is 16.3. The largest absolute Gasteiger partial charge is 0.326 e. The molecule has 0 bridgehead atoms. The summed E-state index contributed by atoms with van der Waals surface area (Å²) < 4.78 is 0. The second-order valence-corrected chi connectivity index (χ2v) is 6.74. The molecule has 0 aromatic heterocycles. The number of hydrogen-bond acceptors (Lipinski definition) is 2. The first kappa shape index (κ1) is 17.6. The van der Waals surface area contributed by atoms with E-state index in [4.69, 9.17) is 0 Å². The van der Waals surface area contributed by atoms with Crippen molar-refractivity contribution in [3.05, 3.63) is 65.7 Å². The molecule has 0 heterocycles. The van der Waals surface area contributed by atoms with Crippen LogP contribution in [0.3, 0.4) is 0 Å². The quantitative estimate of drug-likeness (QED) is 0.634. The molecule has 122 valence electrons. The number of hydrogen-bond donors (Lipinski definition) is 1. The van der Waals surface area contributed by atoms with Gasteiger partial charge in [0.25, 0.3) is 0 Å². The summed E-state index contributed by atoms with van der Waals surface area (Å²) in [7, 11) is 0. The molecule has 2 rings (SSSR count). The molecule has 2 nitrogen and oxygen atoms in total. The number of aryl methyl sites for hydroxylation is 1. The van der Waals surface area contributed by atoms with Crippen LogP contribution in [0.2, 0.25) is 0 Å². The van der Waals surface area contributed by atoms with E-state index in [2.05, 4.69) is 36.5 Å². The monoisotopic (exact) mass is 327 g/mol. The Balaban J connectivity index is 1.66. The fourth-order valence-corrected chi connectivity index (χ4v) is 3.19. The average molecular weight is 327 g/mol.